The van der Waals surface area contributed by atoms with Crippen LogP contribution in [-0.2, 0) is 24.4 Å². The van der Waals surface area contributed by atoms with E-state index < -0.39 is 0 Å². The Labute approximate surface area is 329 Å². The zero-order valence-corrected chi connectivity index (χ0v) is 32.2. The van der Waals surface area contributed by atoms with Gasteiger partial charge in [-0.1, -0.05) is 48.4 Å². The lowest BCUT2D eigenvalue weighted by atomic mass is 9.93. The molecule has 2 saturated heterocycles. The van der Waals surface area contributed by atoms with Gasteiger partial charge in [0.1, 0.15) is 30.0 Å². The molecule has 4 aromatic carbocycles. The van der Waals surface area contributed by atoms with Gasteiger partial charge in [0.15, 0.2) is 0 Å². The molecule has 2 atom stereocenters. The minimum Gasteiger partial charge on any atom is -0.493 e. The first kappa shape index (κ1) is 38.2. The smallest absolute Gasteiger partial charge is 0.220 e. The fourth-order valence-electron chi connectivity index (χ4n) is 8.08. The van der Waals surface area contributed by atoms with Gasteiger partial charge >= 0.3 is 0 Å². The van der Waals surface area contributed by atoms with Crippen molar-refractivity contribution in [3.8, 4) is 40.5 Å². The van der Waals surface area contributed by atoms with E-state index in [9.17, 15) is 15.3 Å². The van der Waals surface area contributed by atoms with Crippen molar-refractivity contribution >= 4 is 17.5 Å². The molecule has 0 bridgehead atoms. The van der Waals surface area contributed by atoms with Gasteiger partial charge in [-0.25, -0.2) is 0 Å². The fraction of sp³-hybridized carbons (Fsp3) is 0.400. The van der Waals surface area contributed by atoms with Crippen LogP contribution in [0.3, 0.4) is 0 Å². The molecule has 9 nitrogen and oxygen atoms in total. The molecule has 2 aliphatic heterocycles. The summed E-state index contributed by atoms with van der Waals surface area (Å²) >= 11 is 6.94. The maximum absolute atomic E-state index is 11.7. The Hall–Kier alpha value is -5.06. The normalized spacial score (nSPS) is 17.9. The highest BCUT2D eigenvalue weighted by molar-refractivity contribution is 6.32. The maximum atomic E-state index is 11.7. The fourth-order valence-corrected chi connectivity index (χ4v) is 8.31. The van der Waals surface area contributed by atoms with Crippen molar-refractivity contribution in [2.24, 2.45) is 0 Å². The Morgan fingerprint density at radius 3 is 2.44 bits per heavy atom. The lowest BCUT2D eigenvalue weighted by molar-refractivity contribution is -0.119. The largest absolute Gasteiger partial charge is 0.493 e. The Morgan fingerprint density at radius 2 is 1.67 bits per heavy atom. The van der Waals surface area contributed by atoms with Crippen LogP contribution in [0.5, 0.6) is 17.2 Å². The van der Waals surface area contributed by atoms with E-state index in [4.69, 9.17) is 25.8 Å². The summed E-state index contributed by atoms with van der Waals surface area (Å²) in [6.07, 6.45) is 7.78. The second kappa shape index (κ2) is 18.0. The second-order valence-corrected chi connectivity index (χ2v) is 15.2. The van der Waals surface area contributed by atoms with E-state index >= 15 is 0 Å². The van der Waals surface area contributed by atoms with E-state index in [-0.39, 0.29) is 24.7 Å². The van der Waals surface area contributed by atoms with E-state index in [0.29, 0.717) is 59.3 Å². The molecule has 0 spiro atoms. The third-order valence-corrected chi connectivity index (χ3v) is 11.2. The number of fused-ring (bicyclic) bond motifs is 1. The van der Waals surface area contributed by atoms with E-state index in [2.05, 4.69) is 71.0 Å². The third-order valence-electron chi connectivity index (χ3n) is 10.9. The lowest BCUT2D eigenvalue weighted by Gasteiger charge is -2.26. The van der Waals surface area contributed by atoms with E-state index in [1.165, 1.54) is 49.0 Å². The summed E-state index contributed by atoms with van der Waals surface area (Å²) in [7, 11) is 0. The van der Waals surface area contributed by atoms with Gasteiger partial charge < -0.3 is 29.7 Å². The summed E-state index contributed by atoms with van der Waals surface area (Å²) in [5.74, 6) is 2.11. The van der Waals surface area contributed by atoms with Crippen LogP contribution in [0.1, 0.15) is 90.0 Å². The topological polar surface area (TPSA) is 120 Å². The Morgan fingerprint density at radius 1 is 0.891 bits per heavy atom. The molecule has 0 radical (unpaired) electrons. The summed E-state index contributed by atoms with van der Waals surface area (Å²) in [5.41, 5.74) is 8.27. The molecule has 1 amide bonds. The molecule has 10 heteroatoms. The van der Waals surface area contributed by atoms with Crippen molar-refractivity contribution < 1.29 is 19.0 Å². The zero-order valence-electron chi connectivity index (χ0n) is 31.5. The van der Waals surface area contributed by atoms with Crippen LogP contribution in [0.25, 0.3) is 11.1 Å². The van der Waals surface area contributed by atoms with Crippen LogP contribution in [-0.4, -0.2) is 49.6 Å². The highest BCUT2D eigenvalue weighted by Crippen LogP contribution is 2.44. The van der Waals surface area contributed by atoms with Crippen molar-refractivity contribution in [1.82, 2.24) is 15.5 Å². The summed E-state index contributed by atoms with van der Waals surface area (Å²) < 4.78 is 19.4. The third kappa shape index (κ3) is 9.43. The zero-order chi connectivity index (χ0) is 38.1. The Balaban J connectivity index is 1.08. The first-order valence-electron chi connectivity index (χ1n) is 19.5. The van der Waals surface area contributed by atoms with E-state index in [1.54, 1.807) is 18.2 Å². The number of hydrogen-bond acceptors (Lipinski definition) is 8. The van der Waals surface area contributed by atoms with Gasteiger partial charge in [0.05, 0.1) is 34.9 Å². The van der Waals surface area contributed by atoms with Crippen molar-refractivity contribution in [2.45, 2.75) is 83.6 Å². The van der Waals surface area contributed by atoms with Crippen LogP contribution < -0.4 is 24.8 Å². The SMILES string of the molecule is Cc1c(OCCCN2CCCCC2)cccc1-c1cccc2c1CC[C@@H]2Oc1cc(OCc2cc(C#N)cc(C#N)c2)c(CNC[C@H]2CCC(=O)N2)cc1Cl. The Bertz CT molecular complexity index is 2070. The number of nitrogens with zero attached hydrogens (tertiary/aromatic N) is 3. The maximum Gasteiger partial charge on any atom is 0.220 e. The van der Waals surface area contributed by atoms with Gasteiger partial charge in [-0.05, 0) is 122 Å². The van der Waals surface area contributed by atoms with E-state index in [0.717, 1.165) is 54.7 Å². The van der Waals surface area contributed by atoms with Gasteiger partial charge in [-0.15, -0.1) is 0 Å². The molecule has 4 aromatic rings. The molecular weight excluding hydrogens is 710 g/mol. The number of ether oxygens (including phenoxy) is 3. The highest BCUT2D eigenvalue weighted by atomic mass is 35.5. The minimum atomic E-state index is -0.199. The highest BCUT2D eigenvalue weighted by Gasteiger charge is 2.28. The number of amides is 1. The van der Waals surface area contributed by atoms with Crippen LogP contribution in [0.15, 0.2) is 66.7 Å². The van der Waals surface area contributed by atoms with Crippen molar-refractivity contribution in [2.75, 3.05) is 32.8 Å². The predicted molar refractivity (Wildman–Crippen MR) is 213 cm³/mol. The molecular formula is C45H48ClN5O4. The lowest BCUT2D eigenvalue weighted by Crippen LogP contribution is -2.35. The standard InChI is InChI=1S/C45H48ClN5O4/c1-30-36(8-6-11-41(30)53-19-7-18-51-16-3-2-4-17-51)37-9-5-10-39-38(37)13-14-42(39)55-44-24-43(54-29-33-21-31(25-47)20-32(22-33)26-48)34(23-40(44)46)27-49-28-35-12-15-45(52)50-35/h5-6,8-11,20-24,35,42,49H,2-4,7,12-19,27-29H2,1H3,(H,50,52)/t35-,42+/m1/s1. The van der Waals surface area contributed by atoms with Crippen LogP contribution in [0.2, 0.25) is 5.02 Å². The molecule has 2 N–H and O–H groups in total. The summed E-state index contributed by atoms with van der Waals surface area (Å²) in [4.78, 5) is 14.3. The molecule has 0 saturated carbocycles. The van der Waals surface area contributed by atoms with E-state index in [1.807, 2.05) is 12.1 Å². The summed E-state index contributed by atoms with van der Waals surface area (Å²) in [5, 5.41) is 25.9. The first-order valence-corrected chi connectivity index (χ1v) is 19.9. The number of likely N-dealkylation sites (tertiary alicyclic amines) is 1. The van der Waals surface area contributed by atoms with Gasteiger partial charge in [0.2, 0.25) is 5.91 Å². The molecule has 55 heavy (non-hydrogen) atoms. The summed E-state index contributed by atoms with van der Waals surface area (Å²) in [6.45, 7) is 7.57. The number of benzene rings is 4. The number of carbonyl (C=O) groups is 1. The molecule has 7 rings (SSSR count). The van der Waals surface area contributed by atoms with Crippen molar-refractivity contribution in [3.05, 3.63) is 111 Å². The molecule has 0 unspecified atom stereocenters. The minimum absolute atomic E-state index is 0.0730. The number of nitrogens with one attached hydrogen (secondary N) is 2. The van der Waals surface area contributed by atoms with Gasteiger partial charge in [0, 0.05) is 43.7 Å². The van der Waals surface area contributed by atoms with Crippen LogP contribution >= 0.6 is 11.6 Å². The summed E-state index contributed by atoms with van der Waals surface area (Å²) in [6, 6.07) is 25.8. The average Bonchev–Trinajstić information content (AvgIpc) is 3.83. The van der Waals surface area contributed by atoms with Crippen LogP contribution in [0.4, 0.5) is 0 Å². The number of nitriles is 2. The quantitative estimate of drug-likeness (QED) is 0.116. The number of halogens is 1. The molecule has 1 aliphatic carbocycles. The molecule has 284 valence electrons. The number of carbonyl (C=O) groups excluding carboxylic acids is 1. The number of rotatable bonds is 15. The average molecular weight is 758 g/mol. The van der Waals surface area contributed by atoms with Crippen molar-refractivity contribution in [3.63, 3.8) is 0 Å². The molecule has 2 heterocycles. The first-order chi connectivity index (χ1) is 26.9. The number of piperidine rings is 1. The van der Waals surface area contributed by atoms with Crippen molar-refractivity contribution in [1.29, 1.82) is 10.5 Å². The molecule has 2 fully saturated rings. The van der Waals surface area contributed by atoms with Gasteiger partial charge in [-0.3, -0.25) is 4.79 Å². The Kier molecular flexibility index (Phi) is 12.5. The molecule has 3 aliphatic rings. The van der Waals surface area contributed by atoms with Crippen LogP contribution in [0, 0.1) is 29.6 Å². The predicted octanol–water partition coefficient (Wildman–Crippen LogP) is 8.33. The second-order valence-electron chi connectivity index (χ2n) is 14.8. The number of hydrogen-bond donors (Lipinski definition) is 2. The van der Waals surface area contributed by atoms with Gasteiger partial charge in [0.25, 0.3) is 0 Å². The monoisotopic (exact) mass is 757 g/mol. The van der Waals surface area contributed by atoms with Gasteiger partial charge in [-0.2, -0.15) is 10.5 Å². The molecule has 0 aromatic heterocycles.